The van der Waals surface area contributed by atoms with Gasteiger partial charge in [-0.2, -0.15) is 0 Å². The van der Waals surface area contributed by atoms with E-state index in [-0.39, 0.29) is 6.04 Å². The highest BCUT2D eigenvalue weighted by Gasteiger charge is 2.30. The van der Waals surface area contributed by atoms with Crippen LogP contribution in [0.25, 0.3) is 33.8 Å². The van der Waals surface area contributed by atoms with Gasteiger partial charge in [-0.25, -0.2) is 5.84 Å². The number of anilines is 1. The highest BCUT2D eigenvalue weighted by molar-refractivity contribution is 5.96. The van der Waals surface area contributed by atoms with Crippen LogP contribution >= 0.6 is 0 Å². The third-order valence-corrected chi connectivity index (χ3v) is 10.4. The molecule has 228 valence electrons. The first-order valence-corrected chi connectivity index (χ1v) is 16.7. The summed E-state index contributed by atoms with van der Waals surface area (Å²) in [5, 5.41) is 3.27. The molecule has 3 heteroatoms. The van der Waals surface area contributed by atoms with Crippen LogP contribution in [0.15, 0.2) is 140 Å². The maximum absolute atomic E-state index is 7.42. The topological polar surface area (TPSA) is 34.2 Å². The standard InChI is InChI=1S/C44H37N3/c1-29-12-4-2-5-13-30-22-23-32(28-41(29)30)43(47(45)35-24-25-37-33(27-35)26-31-14-10-18-36(31)37)40-20-11-19-39-38-17-8-9-21-42(38)46(44(39)40)34-15-6-3-7-16-34/h2-8,10-12,14-17,19-20,22-25,27-28,43H,1,9,13,18,21,26,45H2/b5-2-,12-4-. The molecule has 4 aromatic carbocycles. The van der Waals surface area contributed by atoms with Gasteiger partial charge in [-0.05, 0) is 107 Å². The van der Waals surface area contributed by atoms with E-state index in [0.717, 1.165) is 48.9 Å². The molecule has 0 fully saturated rings. The van der Waals surface area contributed by atoms with Gasteiger partial charge >= 0.3 is 0 Å². The monoisotopic (exact) mass is 607 g/mol. The second kappa shape index (κ2) is 11.2. The number of hydrogen-bond donors (Lipinski definition) is 1. The molecule has 4 aliphatic rings. The van der Waals surface area contributed by atoms with E-state index in [4.69, 9.17) is 5.84 Å². The Morgan fingerprint density at radius 3 is 2.60 bits per heavy atom. The number of rotatable bonds is 5. The fourth-order valence-electron chi connectivity index (χ4n) is 8.18. The maximum Gasteiger partial charge on any atom is 0.0972 e. The molecule has 0 spiro atoms. The molecule has 5 aromatic rings. The van der Waals surface area contributed by atoms with E-state index in [1.807, 2.05) is 5.01 Å². The Morgan fingerprint density at radius 1 is 0.766 bits per heavy atom. The predicted octanol–water partition coefficient (Wildman–Crippen LogP) is 10.0. The van der Waals surface area contributed by atoms with Crippen LogP contribution < -0.4 is 10.9 Å². The van der Waals surface area contributed by atoms with Crippen LogP contribution in [-0.4, -0.2) is 4.57 Å². The zero-order chi connectivity index (χ0) is 31.5. The SMILES string of the molecule is C=C1/C=C\C=C/Cc2ccc(C(c3cccc4c5c(n(-c6ccccc6)c34)CCC=C5)N(N)c3ccc4c(c3)CC3=C4CC=C3)cc21. The summed E-state index contributed by atoms with van der Waals surface area (Å²) in [4.78, 5) is 0. The molecule has 1 atom stereocenters. The van der Waals surface area contributed by atoms with Crippen LogP contribution in [0.3, 0.4) is 0 Å². The Bertz CT molecular complexity index is 2250. The van der Waals surface area contributed by atoms with E-state index < -0.39 is 0 Å². The van der Waals surface area contributed by atoms with E-state index in [0.29, 0.717) is 0 Å². The zero-order valence-corrected chi connectivity index (χ0v) is 26.5. The van der Waals surface area contributed by atoms with Gasteiger partial charge in [-0.1, -0.05) is 110 Å². The third kappa shape index (κ3) is 4.53. The van der Waals surface area contributed by atoms with E-state index in [9.17, 15) is 0 Å². The first-order chi connectivity index (χ1) is 23.2. The largest absolute Gasteiger partial charge is 0.313 e. The summed E-state index contributed by atoms with van der Waals surface area (Å²) >= 11 is 0. The number of aromatic nitrogens is 1. The Kier molecular flexibility index (Phi) is 6.62. The van der Waals surface area contributed by atoms with Crippen molar-refractivity contribution in [2.24, 2.45) is 5.84 Å². The van der Waals surface area contributed by atoms with Crippen molar-refractivity contribution in [2.75, 3.05) is 5.01 Å². The van der Waals surface area contributed by atoms with E-state index in [2.05, 4.69) is 145 Å². The molecule has 0 bridgehead atoms. The number of benzene rings is 4. The van der Waals surface area contributed by atoms with Crippen LogP contribution in [0.1, 0.15) is 63.5 Å². The van der Waals surface area contributed by atoms with Gasteiger partial charge in [-0.3, -0.25) is 5.01 Å². The molecular weight excluding hydrogens is 571 g/mol. The van der Waals surface area contributed by atoms with Crippen LogP contribution in [0.5, 0.6) is 0 Å². The van der Waals surface area contributed by atoms with Crippen molar-refractivity contribution in [3.05, 3.63) is 184 Å². The molecule has 0 amide bonds. The molecule has 1 heterocycles. The fraction of sp³-hybridized carbons (Fsp3) is 0.136. The van der Waals surface area contributed by atoms with Crippen molar-refractivity contribution in [1.29, 1.82) is 0 Å². The molecule has 0 saturated carbocycles. The second-order valence-corrected chi connectivity index (χ2v) is 13.1. The van der Waals surface area contributed by atoms with Crippen LogP contribution in [0, 0.1) is 0 Å². The number of fused-ring (bicyclic) bond motifs is 6. The average Bonchev–Trinajstić information content (AvgIpc) is 3.80. The minimum absolute atomic E-state index is 0.247. The molecule has 1 unspecified atom stereocenters. The molecule has 9 rings (SSSR count). The Labute approximate surface area is 276 Å². The lowest BCUT2D eigenvalue weighted by Gasteiger charge is -2.32. The van der Waals surface area contributed by atoms with Gasteiger partial charge in [0.05, 0.1) is 17.2 Å². The molecule has 4 aliphatic carbocycles. The van der Waals surface area contributed by atoms with Crippen molar-refractivity contribution in [3.63, 3.8) is 0 Å². The lowest BCUT2D eigenvalue weighted by molar-refractivity contribution is 0.735. The van der Waals surface area contributed by atoms with Gasteiger partial charge in [-0.15, -0.1) is 0 Å². The fourth-order valence-corrected chi connectivity index (χ4v) is 8.18. The number of nitrogens with zero attached hydrogens (tertiary/aromatic N) is 2. The van der Waals surface area contributed by atoms with Crippen molar-refractivity contribution in [3.8, 4) is 5.69 Å². The smallest absolute Gasteiger partial charge is 0.0972 e. The van der Waals surface area contributed by atoms with Crippen LogP contribution in [-0.2, 0) is 19.3 Å². The molecule has 2 N–H and O–H groups in total. The first-order valence-electron chi connectivity index (χ1n) is 16.7. The maximum atomic E-state index is 7.42. The number of nitrogens with two attached hydrogens (primary N) is 1. The van der Waals surface area contributed by atoms with Crippen molar-refractivity contribution < 1.29 is 0 Å². The number of hydrogen-bond acceptors (Lipinski definition) is 2. The van der Waals surface area contributed by atoms with Crippen LogP contribution in [0.4, 0.5) is 5.69 Å². The second-order valence-electron chi connectivity index (χ2n) is 13.1. The van der Waals surface area contributed by atoms with Gasteiger partial charge < -0.3 is 4.57 Å². The summed E-state index contributed by atoms with van der Waals surface area (Å²) in [6.07, 6.45) is 22.6. The van der Waals surface area contributed by atoms with Crippen LogP contribution in [0.2, 0.25) is 0 Å². The predicted molar refractivity (Wildman–Crippen MR) is 197 cm³/mol. The zero-order valence-electron chi connectivity index (χ0n) is 26.5. The van der Waals surface area contributed by atoms with Gasteiger partial charge in [0.25, 0.3) is 0 Å². The van der Waals surface area contributed by atoms with E-state index >= 15 is 0 Å². The quantitative estimate of drug-likeness (QED) is 0.159. The summed E-state index contributed by atoms with van der Waals surface area (Å²) < 4.78 is 2.49. The minimum Gasteiger partial charge on any atom is -0.313 e. The third-order valence-electron chi connectivity index (χ3n) is 10.4. The number of allylic oxidation sites excluding steroid dienone is 10. The average molecular weight is 608 g/mol. The first kappa shape index (κ1) is 27.9. The van der Waals surface area contributed by atoms with Gasteiger partial charge in [0, 0.05) is 27.9 Å². The lowest BCUT2D eigenvalue weighted by atomic mass is 9.89. The summed E-state index contributed by atoms with van der Waals surface area (Å²) in [5.74, 6) is 7.42. The Balaban J connectivity index is 1.28. The molecule has 1 aromatic heterocycles. The molecule has 47 heavy (non-hydrogen) atoms. The molecule has 3 nitrogen and oxygen atoms in total. The Hall–Kier alpha value is -5.38. The summed E-state index contributed by atoms with van der Waals surface area (Å²) in [7, 11) is 0. The van der Waals surface area contributed by atoms with Gasteiger partial charge in [0.15, 0.2) is 0 Å². The van der Waals surface area contributed by atoms with E-state index in [1.165, 1.54) is 66.8 Å². The molecular formula is C44H37N3. The highest BCUT2D eigenvalue weighted by atomic mass is 15.4. The number of hydrazine groups is 1. The van der Waals surface area contributed by atoms with Crippen molar-refractivity contribution in [2.45, 2.75) is 38.1 Å². The van der Waals surface area contributed by atoms with Crippen molar-refractivity contribution >= 4 is 33.8 Å². The normalized spacial score (nSPS) is 17.9. The lowest BCUT2D eigenvalue weighted by Crippen LogP contribution is -2.36. The summed E-state index contributed by atoms with van der Waals surface area (Å²) in [5.41, 5.74) is 17.6. The summed E-state index contributed by atoms with van der Waals surface area (Å²) in [6.45, 7) is 4.46. The molecule has 0 saturated heterocycles. The van der Waals surface area contributed by atoms with Crippen molar-refractivity contribution in [1.82, 2.24) is 4.57 Å². The summed E-state index contributed by atoms with van der Waals surface area (Å²) in [6, 6.07) is 31.0. The van der Waals surface area contributed by atoms with Gasteiger partial charge in [0.1, 0.15) is 0 Å². The molecule has 0 aliphatic heterocycles. The molecule has 0 radical (unpaired) electrons. The Morgan fingerprint density at radius 2 is 1.68 bits per heavy atom. The highest BCUT2D eigenvalue weighted by Crippen LogP contribution is 2.44. The number of para-hydroxylation sites is 2. The van der Waals surface area contributed by atoms with Gasteiger partial charge in [0.2, 0.25) is 0 Å². The minimum atomic E-state index is -0.247. The van der Waals surface area contributed by atoms with E-state index in [1.54, 1.807) is 0 Å².